The summed E-state index contributed by atoms with van der Waals surface area (Å²) >= 11 is 1.51. The molecule has 0 amide bonds. The molecular weight excluding hydrogens is 400 g/mol. The molecule has 150 valence electrons. The van der Waals surface area contributed by atoms with Crippen LogP contribution < -0.4 is 4.74 Å². The molecule has 2 heterocycles. The van der Waals surface area contributed by atoms with E-state index in [0.29, 0.717) is 17.1 Å². The van der Waals surface area contributed by atoms with Gasteiger partial charge in [0.25, 0.3) is 5.89 Å². The van der Waals surface area contributed by atoms with Gasteiger partial charge in [0.1, 0.15) is 5.75 Å². The van der Waals surface area contributed by atoms with E-state index in [9.17, 15) is 4.79 Å². The van der Waals surface area contributed by atoms with Crippen molar-refractivity contribution in [3.8, 4) is 16.5 Å². The zero-order valence-corrected chi connectivity index (χ0v) is 17.0. The molecule has 0 saturated heterocycles. The summed E-state index contributed by atoms with van der Waals surface area (Å²) in [5.41, 5.74) is 1.91. The van der Waals surface area contributed by atoms with E-state index in [1.807, 2.05) is 72.1 Å². The fourth-order valence-electron chi connectivity index (χ4n) is 2.84. The third-order valence-corrected chi connectivity index (χ3v) is 5.15. The molecule has 0 aliphatic heterocycles. The highest BCUT2D eigenvalue weighted by atomic mass is 32.1. The molecule has 0 aliphatic rings. The molecule has 2 aromatic heterocycles. The van der Waals surface area contributed by atoms with Crippen LogP contribution in [0.4, 0.5) is 0 Å². The van der Waals surface area contributed by atoms with Gasteiger partial charge < -0.3 is 14.0 Å². The SMILES string of the molecule is COc1ccccc1/C=C(/C(=O)OCc1nc(-c2cccs2)no1)c1ccccc1. The van der Waals surface area contributed by atoms with E-state index < -0.39 is 5.97 Å². The lowest BCUT2D eigenvalue weighted by Crippen LogP contribution is -2.08. The Morgan fingerprint density at radius 2 is 1.87 bits per heavy atom. The van der Waals surface area contributed by atoms with Gasteiger partial charge in [-0.15, -0.1) is 11.3 Å². The van der Waals surface area contributed by atoms with Crippen LogP contribution in [0.15, 0.2) is 76.6 Å². The number of nitrogens with zero attached hydrogens (tertiary/aromatic N) is 2. The highest BCUT2D eigenvalue weighted by Gasteiger charge is 2.17. The summed E-state index contributed by atoms with van der Waals surface area (Å²) in [4.78, 5) is 18.1. The molecule has 7 heteroatoms. The van der Waals surface area contributed by atoms with Gasteiger partial charge in [0.15, 0.2) is 6.61 Å². The molecule has 0 N–H and O–H groups in total. The fraction of sp³-hybridized carbons (Fsp3) is 0.0870. The first-order valence-corrected chi connectivity index (χ1v) is 10.1. The minimum absolute atomic E-state index is 0.118. The van der Waals surface area contributed by atoms with Gasteiger partial charge in [0.05, 0.1) is 17.6 Å². The molecular formula is C23H18N2O4S. The molecule has 0 fully saturated rings. The first-order chi connectivity index (χ1) is 14.7. The Morgan fingerprint density at radius 1 is 1.07 bits per heavy atom. The van der Waals surface area contributed by atoms with Crippen LogP contribution in [0.1, 0.15) is 17.0 Å². The van der Waals surface area contributed by atoms with E-state index in [-0.39, 0.29) is 12.5 Å². The van der Waals surface area contributed by atoms with Crippen LogP contribution in [0.3, 0.4) is 0 Å². The summed E-state index contributed by atoms with van der Waals surface area (Å²) in [7, 11) is 1.59. The molecule has 30 heavy (non-hydrogen) atoms. The summed E-state index contributed by atoms with van der Waals surface area (Å²) in [5, 5.41) is 5.86. The Kier molecular flexibility index (Phi) is 6.01. The van der Waals surface area contributed by atoms with Crippen molar-refractivity contribution in [2.75, 3.05) is 7.11 Å². The van der Waals surface area contributed by atoms with Crippen LogP contribution in [0.5, 0.6) is 5.75 Å². The van der Waals surface area contributed by atoms with Gasteiger partial charge in [-0.05, 0) is 29.2 Å². The number of carbonyl (C=O) groups is 1. The Balaban J connectivity index is 1.57. The number of rotatable bonds is 7. The summed E-state index contributed by atoms with van der Waals surface area (Å²) in [6, 6.07) is 20.6. The van der Waals surface area contributed by atoms with Crippen molar-refractivity contribution in [3.05, 3.63) is 89.1 Å². The van der Waals surface area contributed by atoms with Gasteiger partial charge in [-0.1, -0.05) is 59.8 Å². The molecule has 0 atom stereocenters. The number of ether oxygens (including phenoxy) is 2. The third kappa shape index (κ3) is 4.47. The van der Waals surface area contributed by atoms with Crippen molar-refractivity contribution in [1.82, 2.24) is 10.1 Å². The predicted octanol–water partition coefficient (Wildman–Crippen LogP) is 5.09. The highest BCUT2D eigenvalue weighted by molar-refractivity contribution is 7.13. The second kappa shape index (κ2) is 9.19. The van der Waals surface area contributed by atoms with Crippen LogP contribution >= 0.6 is 11.3 Å². The number of hydrogen-bond acceptors (Lipinski definition) is 7. The van der Waals surface area contributed by atoms with Gasteiger partial charge in [0, 0.05) is 5.56 Å². The fourth-order valence-corrected chi connectivity index (χ4v) is 3.49. The zero-order valence-electron chi connectivity index (χ0n) is 16.1. The minimum atomic E-state index is -0.497. The van der Waals surface area contributed by atoms with Crippen LogP contribution in [-0.4, -0.2) is 23.2 Å². The van der Waals surface area contributed by atoms with Gasteiger partial charge in [0.2, 0.25) is 5.82 Å². The number of carbonyl (C=O) groups excluding carboxylic acids is 1. The molecule has 4 aromatic rings. The standard InChI is InChI=1S/C23H18N2O4S/c1-27-19-11-6-5-10-17(19)14-18(16-8-3-2-4-9-16)23(26)28-15-21-24-22(25-29-21)20-12-7-13-30-20/h2-14H,15H2,1H3/b18-14+. The maximum atomic E-state index is 12.9. The third-order valence-electron chi connectivity index (χ3n) is 4.28. The molecule has 0 unspecified atom stereocenters. The monoisotopic (exact) mass is 418 g/mol. The van der Waals surface area contributed by atoms with Crippen molar-refractivity contribution >= 4 is 29.0 Å². The second-order valence-electron chi connectivity index (χ2n) is 6.23. The highest BCUT2D eigenvalue weighted by Crippen LogP contribution is 2.26. The van der Waals surface area contributed by atoms with E-state index in [0.717, 1.165) is 16.0 Å². The lowest BCUT2D eigenvalue weighted by atomic mass is 10.0. The van der Waals surface area contributed by atoms with E-state index in [2.05, 4.69) is 10.1 Å². The molecule has 0 aliphatic carbocycles. The quantitative estimate of drug-likeness (QED) is 0.236. The van der Waals surface area contributed by atoms with Crippen molar-refractivity contribution < 1.29 is 18.8 Å². The maximum absolute atomic E-state index is 12.9. The lowest BCUT2D eigenvalue weighted by molar-refractivity contribution is -0.138. The Bertz CT molecular complexity index is 1150. The van der Waals surface area contributed by atoms with Gasteiger partial charge in [-0.2, -0.15) is 4.98 Å². The maximum Gasteiger partial charge on any atom is 0.339 e. The number of esters is 1. The molecule has 0 radical (unpaired) electrons. The molecule has 6 nitrogen and oxygen atoms in total. The van der Waals surface area contributed by atoms with Crippen molar-refractivity contribution in [2.45, 2.75) is 6.61 Å². The van der Waals surface area contributed by atoms with Gasteiger partial charge in [-0.3, -0.25) is 0 Å². The first kappa shape index (κ1) is 19.6. The Morgan fingerprint density at radius 3 is 2.63 bits per heavy atom. The van der Waals surface area contributed by atoms with Crippen LogP contribution in [0.25, 0.3) is 22.4 Å². The van der Waals surface area contributed by atoms with Crippen LogP contribution in [-0.2, 0) is 16.1 Å². The van der Waals surface area contributed by atoms with E-state index in [4.69, 9.17) is 14.0 Å². The van der Waals surface area contributed by atoms with Crippen LogP contribution in [0, 0.1) is 0 Å². The molecule has 0 saturated carbocycles. The van der Waals surface area contributed by atoms with Crippen molar-refractivity contribution in [1.29, 1.82) is 0 Å². The normalized spacial score (nSPS) is 11.3. The van der Waals surface area contributed by atoms with E-state index in [1.54, 1.807) is 13.2 Å². The predicted molar refractivity (Wildman–Crippen MR) is 115 cm³/mol. The Labute approximate surface area is 177 Å². The number of methoxy groups -OCH3 is 1. The topological polar surface area (TPSA) is 74.5 Å². The summed E-state index contributed by atoms with van der Waals surface area (Å²) in [5.74, 6) is 0.875. The molecule has 4 rings (SSSR count). The lowest BCUT2D eigenvalue weighted by Gasteiger charge is -2.09. The number of para-hydroxylation sites is 1. The average Bonchev–Trinajstić information content (AvgIpc) is 3.48. The largest absolute Gasteiger partial charge is 0.496 e. The average molecular weight is 418 g/mol. The second-order valence-corrected chi connectivity index (χ2v) is 7.18. The number of benzene rings is 2. The van der Waals surface area contributed by atoms with E-state index in [1.165, 1.54) is 11.3 Å². The summed E-state index contributed by atoms with van der Waals surface area (Å²) < 4.78 is 16.1. The number of aromatic nitrogens is 2. The summed E-state index contributed by atoms with van der Waals surface area (Å²) in [6.07, 6.45) is 1.75. The molecule has 0 spiro atoms. The minimum Gasteiger partial charge on any atom is -0.496 e. The first-order valence-electron chi connectivity index (χ1n) is 9.18. The smallest absolute Gasteiger partial charge is 0.339 e. The van der Waals surface area contributed by atoms with Gasteiger partial charge in [-0.25, -0.2) is 4.79 Å². The van der Waals surface area contributed by atoms with Crippen LogP contribution in [0.2, 0.25) is 0 Å². The number of thiophene rings is 1. The van der Waals surface area contributed by atoms with E-state index >= 15 is 0 Å². The number of hydrogen-bond donors (Lipinski definition) is 0. The molecule has 0 bridgehead atoms. The van der Waals surface area contributed by atoms with Gasteiger partial charge >= 0.3 is 5.97 Å². The van der Waals surface area contributed by atoms with Crippen molar-refractivity contribution in [2.24, 2.45) is 0 Å². The Hall–Kier alpha value is -3.71. The summed E-state index contributed by atoms with van der Waals surface area (Å²) in [6.45, 7) is -0.118. The van der Waals surface area contributed by atoms with Crippen molar-refractivity contribution in [3.63, 3.8) is 0 Å². The zero-order chi connectivity index (χ0) is 20.8. The molecule has 2 aromatic carbocycles.